The van der Waals surface area contributed by atoms with Crippen LogP contribution in [0.4, 0.5) is 0 Å². The lowest BCUT2D eigenvalue weighted by molar-refractivity contribution is 0.318. The standard InChI is InChI=1S/C15H14Cl2O6S2/c1-2-7-23-25(21,22)15-9-11(17)4-6-13(15)12-5-3-10(16)8-14(12)24(18,19)20/h3-6,8-9H,2,7H2,1H3,(H,18,19,20). The van der Waals surface area contributed by atoms with Crippen LogP contribution in [0, 0.1) is 0 Å². The van der Waals surface area contributed by atoms with Crippen molar-refractivity contribution >= 4 is 43.4 Å². The Kier molecular flexibility index (Phi) is 6.13. The topological polar surface area (TPSA) is 97.7 Å². The summed E-state index contributed by atoms with van der Waals surface area (Å²) in [5, 5.41) is 0.196. The van der Waals surface area contributed by atoms with Crippen LogP contribution in [0.1, 0.15) is 13.3 Å². The average molecular weight is 425 g/mol. The Balaban J connectivity index is 2.79. The number of rotatable bonds is 6. The number of hydrogen-bond donors (Lipinski definition) is 1. The molecule has 0 bridgehead atoms. The summed E-state index contributed by atoms with van der Waals surface area (Å²) in [6.45, 7) is 1.70. The molecule has 0 aliphatic carbocycles. The predicted octanol–water partition coefficient (Wildman–Crippen LogP) is 4.02. The number of hydrogen-bond acceptors (Lipinski definition) is 5. The van der Waals surface area contributed by atoms with Gasteiger partial charge in [-0.15, -0.1) is 0 Å². The van der Waals surface area contributed by atoms with Gasteiger partial charge < -0.3 is 0 Å². The monoisotopic (exact) mass is 424 g/mol. The molecule has 10 heteroatoms. The molecule has 2 aromatic carbocycles. The van der Waals surface area contributed by atoms with Crippen molar-refractivity contribution < 1.29 is 25.6 Å². The summed E-state index contributed by atoms with van der Waals surface area (Å²) >= 11 is 11.7. The van der Waals surface area contributed by atoms with Gasteiger partial charge in [-0.2, -0.15) is 16.8 Å². The largest absolute Gasteiger partial charge is 0.297 e. The van der Waals surface area contributed by atoms with Crippen molar-refractivity contribution in [1.82, 2.24) is 0 Å². The summed E-state index contributed by atoms with van der Waals surface area (Å²) < 4.78 is 62.6. The second-order valence-electron chi connectivity index (χ2n) is 5.03. The molecule has 0 aromatic heterocycles. The van der Waals surface area contributed by atoms with E-state index in [2.05, 4.69) is 0 Å². The van der Waals surface area contributed by atoms with Crippen molar-refractivity contribution in [3.05, 3.63) is 46.4 Å². The third kappa shape index (κ3) is 4.72. The quantitative estimate of drug-likeness (QED) is 0.555. The summed E-state index contributed by atoms with van der Waals surface area (Å²) in [7, 11) is -8.84. The average Bonchev–Trinajstić information content (AvgIpc) is 2.52. The van der Waals surface area contributed by atoms with Crippen molar-refractivity contribution in [1.29, 1.82) is 0 Å². The van der Waals surface area contributed by atoms with Gasteiger partial charge in [-0.05, 0) is 30.7 Å². The van der Waals surface area contributed by atoms with Gasteiger partial charge in [-0.25, -0.2) is 0 Å². The van der Waals surface area contributed by atoms with Gasteiger partial charge in [0.05, 0.1) is 6.61 Å². The maximum Gasteiger partial charge on any atom is 0.297 e. The molecule has 2 aromatic rings. The van der Waals surface area contributed by atoms with Crippen LogP contribution in [0.15, 0.2) is 46.2 Å². The zero-order valence-corrected chi connectivity index (χ0v) is 16.1. The van der Waals surface area contributed by atoms with Gasteiger partial charge >= 0.3 is 0 Å². The lowest BCUT2D eigenvalue weighted by atomic mass is 10.1. The first-order valence-corrected chi connectivity index (χ1v) is 10.6. The molecule has 0 fully saturated rings. The molecule has 1 N–H and O–H groups in total. The fraction of sp³-hybridized carbons (Fsp3) is 0.200. The van der Waals surface area contributed by atoms with E-state index in [-0.39, 0.29) is 32.7 Å². The van der Waals surface area contributed by atoms with Gasteiger partial charge in [0.2, 0.25) is 0 Å². The Morgan fingerprint density at radius 1 is 0.920 bits per heavy atom. The first-order valence-electron chi connectivity index (χ1n) is 7.02. The van der Waals surface area contributed by atoms with Crippen LogP contribution in [-0.2, 0) is 24.4 Å². The number of halogens is 2. The van der Waals surface area contributed by atoms with E-state index >= 15 is 0 Å². The normalized spacial score (nSPS) is 12.3. The Labute approximate surface area is 156 Å². The molecule has 0 atom stereocenters. The molecule has 25 heavy (non-hydrogen) atoms. The zero-order chi connectivity index (χ0) is 18.8. The molecule has 0 radical (unpaired) electrons. The van der Waals surface area contributed by atoms with E-state index in [1.165, 1.54) is 24.3 Å². The highest BCUT2D eigenvalue weighted by atomic mass is 35.5. The molecule has 136 valence electrons. The first kappa shape index (κ1) is 20.2. The maximum absolute atomic E-state index is 12.4. The molecule has 0 amide bonds. The smallest absolute Gasteiger partial charge is 0.282 e. The van der Waals surface area contributed by atoms with Gasteiger partial charge in [0, 0.05) is 21.2 Å². The Hall–Kier alpha value is -1.16. The van der Waals surface area contributed by atoms with Crippen LogP contribution in [0.3, 0.4) is 0 Å². The molecule has 0 saturated heterocycles. The van der Waals surface area contributed by atoms with Crippen LogP contribution in [-0.4, -0.2) is 28.0 Å². The highest BCUT2D eigenvalue weighted by Crippen LogP contribution is 2.36. The molecule has 6 nitrogen and oxygen atoms in total. The SMILES string of the molecule is CCCOS(=O)(=O)c1cc(Cl)ccc1-c1ccc(Cl)cc1S(=O)(=O)O. The van der Waals surface area contributed by atoms with E-state index in [1.54, 1.807) is 6.92 Å². The van der Waals surface area contributed by atoms with Crippen LogP contribution < -0.4 is 0 Å². The molecule has 2 rings (SSSR count). The highest BCUT2D eigenvalue weighted by Gasteiger charge is 2.25. The van der Waals surface area contributed by atoms with Gasteiger partial charge in [-0.3, -0.25) is 8.74 Å². The summed E-state index contributed by atoms with van der Waals surface area (Å²) in [5.41, 5.74) is -0.0213. The Bertz CT molecular complexity index is 1000. The van der Waals surface area contributed by atoms with Crippen molar-refractivity contribution in [2.24, 2.45) is 0 Å². The van der Waals surface area contributed by atoms with Gasteiger partial charge in [0.1, 0.15) is 9.79 Å². The second kappa shape index (κ2) is 7.61. The molecule has 0 heterocycles. The summed E-state index contributed by atoms with van der Waals surface area (Å²) in [4.78, 5) is -0.824. The third-order valence-electron chi connectivity index (χ3n) is 3.17. The molecule has 0 saturated carbocycles. The summed E-state index contributed by atoms with van der Waals surface area (Å²) in [5.74, 6) is 0. The molecule has 0 unspecified atom stereocenters. The molecule has 0 aliphatic heterocycles. The minimum absolute atomic E-state index is 0.0183. The van der Waals surface area contributed by atoms with Crippen molar-refractivity contribution in [3.8, 4) is 11.1 Å². The minimum Gasteiger partial charge on any atom is -0.282 e. The molecular weight excluding hydrogens is 411 g/mol. The highest BCUT2D eigenvalue weighted by molar-refractivity contribution is 7.87. The Morgan fingerprint density at radius 2 is 1.40 bits per heavy atom. The predicted molar refractivity (Wildman–Crippen MR) is 95.1 cm³/mol. The van der Waals surface area contributed by atoms with Gasteiger partial charge in [-0.1, -0.05) is 42.3 Å². The van der Waals surface area contributed by atoms with Crippen molar-refractivity contribution in [2.75, 3.05) is 6.61 Å². The number of benzene rings is 2. The van der Waals surface area contributed by atoms with E-state index < -0.39 is 25.1 Å². The van der Waals surface area contributed by atoms with Crippen molar-refractivity contribution in [2.45, 2.75) is 23.1 Å². The Morgan fingerprint density at radius 3 is 1.88 bits per heavy atom. The second-order valence-corrected chi connectivity index (χ2v) is 8.88. The van der Waals surface area contributed by atoms with Crippen LogP contribution in [0.5, 0.6) is 0 Å². The first-order chi connectivity index (χ1) is 11.6. The summed E-state index contributed by atoms with van der Waals surface area (Å²) in [6.07, 6.45) is 0.465. The van der Waals surface area contributed by atoms with Crippen molar-refractivity contribution in [3.63, 3.8) is 0 Å². The molecule has 0 aliphatic rings. The third-order valence-corrected chi connectivity index (χ3v) is 5.88. The molecular formula is C15H14Cl2O6S2. The fourth-order valence-corrected chi connectivity index (χ4v) is 4.55. The van der Waals surface area contributed by atoms with Gasteiger partial charge in [0.15, 0.2) is 0 Å². The zero-order valence-electron chi connectivity index (χ0n) is 12.9. The van der Waals surface area contributed by atoms with Crippen LogP contribution >= 0.6 is 23.2 Å². The van der Waals surface area contributed by atoms with E-state index in [4.69, 9.17) is 27.4 Å². The molecule has 0 spiro atoms. The van der Waals surface area contributed by atoms with E-state index in [9.17, 15) is 21.4 Å². The lowest BCUT2D eigenvalue weighted by Crippen LogP contribution is -2.10. The van der Waals surface area contributed by atoms with E-state index in [0.29, 0.717) is 6.42 Å². The summed E-state index contributed by atoms with van der Waals surface area (Å²) in [6, 6.07) is 7.60. The van der Waals surface area contributed by atoms with E-state index in [0.717, 1.165) is 12.1 Å². The van der Waals surface area contributed by atoms with Crippen LogP contribution in [0.25, 0.3) is 11.1 Å². The minimum atomic E-state index is -4.65. The maximum atomic E-state index is 12.4. The lowest BCUT2D eigenvalue weighted by Gasteiger charge is -2.14. The van der Waals surface area contributed by atoms with Gasteiger partial charge in [0.25, 0.3) is 20.2 Å². The fourth-order valence-electron chi connectivity index (χ4n) is 2.11. The van der Waals surface area contributed by atoms with E-state index in [1.807, 2.05) is 0 Å². The van der Waals surface area contributed by atoms with Crippen LogP contribution in [0.2, 0.25) is 10.0 Å².